The summed E-state index contributed by atoms with van der Waals surface area (Å²) in [4.78, 5) is 27.5. The summed E-state index contributed by atoms with van der Waals surface area (Å²) >= 11 is 0. The van der Waals surface area contributed by atoms with Gasteiger partial charge in [0.1, 0.15) is 6.04 Å². The maximum atomic E-state index is 13.2. The van der Waals surface area contributed by atoms with Gasteiger partial charge in [-0.1, -0.05) is 42.5 Å². The Morgan fingerprint density at radius 2 is 1.74 bits per heavy atom. The number of benzene rings is 2. The van der Waals surface area contributed by atoms with Crippen LogP contribution in [0.1, 0.15) is 43.7 Å². The Balaban J connectivity index is 1.64. The normalized spacial score (nSPS) is 14.4. The number of carbonyl (C=O) groups is 2. The Labute approximate surface area is 201 Å². The van der Waals surface area contributed by atoms with E-state index >= 15 is 0 Å². The van der Waals surface area contributed by atoms with Crippen molar-refractivity contribution in [2.75, 3.05) is 13.2 Å². The van der Waals surface area contributed by atoms with Gasteiger partial charge in [-0.3, -0.25) is 9.59 Å². The lowest BCUT2D eigenvalue weighted by atomic mass is 10.1. The molecule has 3 rings (SSSR count). The summed E-state index contributed by atoms with van der Waals surface area (Å²) in [5, 5.41) is 11.7. The first-order valence-corrected chi connectivity index (χ1v) is 13.1. The number of hydrogen-bond donors (Lipinski definition) is 3. The third kappa shape index (κ3) is 7.65. The molecule has 0 spiro atoms. The van der Waals surface area contributed by atoms with Crippen molar-refractivity contribution in [3.05, 3.63) is 65.7 Å². The minimum absolute atomic E-state index is 0.0158. The van der Waals surface area contributed by atoms with Crippen molar-refractivity contribution >= 4 is 21.8 Å². The molecule has 0 saturated heterocycles. The zero-order chi connectivity index (χ0) is 24.6. The van der Waals surface area contributed by atoms with Gasteiger partial charge < -0.3 is 15.3 Å². The molecule has 0 heterocycles. The molecule has 0 radical (unpaired) electrons. The van der Waals surface area contributed by atoms with Gasteiger partial charge in [0.15, 0.2) is 0 Å². The summed E-state index contributed by atoms with van der Waals surface area (Å²) in [6.07, 6.45) is 2.81. The van der Waals surface area contributed by atoms with Crippen LogP contribution in [0.4, 0.5) is 0 Å². The van der Waals surface area contributed by atoms with Crippen molar-refractivity contribution in [3.63, 3.8) is 0 Å². The third-order valence-electron chi connectivity index (χ3n) is 5.76. The second-order valence-corrected chi connectivity index (χ2v) is 10.3. The Morgan fingerprint density at radius 1 is 1.06 bits per heavy atom. The number of aryl methyl sites for hydroxylation is 1. The summed E-state index contributed by atoms with van der Waals surface area (Å²) < 4.78 is 27.3. The van der Waals surface area contributed by atoms with Crippen LogP contribution < -0.4 is 10.0 Å². The smallest absolute Gasteiger partial charge is 0.242 e. The predicted octanol–water partition coefficient (Wildman–Crippen LogP) is 1.98. The quantitative estimate of drug-likeness (QED) is 0.374. The first-order valence-electron chi connectivity index (χ1n) is 11.6. The molecule has 2 aromatic carbocycles. The second kappa shape index (κ2) is 12.1. The molecule has 1 aliphatic carbocycles. The number of hydrogen-bond acceptors (Lipinski definition) is 5. The Hall–Kier alpha value is -2.75. The number of aliphatic hydroxyl groups is 1. The summed E-state index contributed by atoms with van der Waals surface area (Å²) in [5.74, 6) is -0.434. The van der Waals surface area contributed by atoms with Gasteiger partial charge in [0.05, 0.1) is 4.90 Å². The Kier molecular flexibility index (Phi) is 9.20. The highest BCUT2D eigenvalue weighted by Gasteiger charge is 2.28. The summed E-state index contributed by atoms with van der Waals surface area (Å²) in [6.45, 7) is 2.33. The minimum atomic E-state index is -3.51. The van der Waals surface area contributed by atoms with Crippen LogP contribution in [0.3, 0.4) is 0 Å². The monoisotopic (exact) mass is 487 g/mol. The lowest BCUT2D eigenvalue weighted by Crippen LogP contribution is -2.47. The van der Waals surface area contributed by atoms with Crippen LogP contribution in [0.5, 0.6) is 0 Å². The van der Waals surface area contributed by atoms with Gasteiger partial charge >= 0.3 is 0 Å². The molecule has 2 aromatic rings. The maximum Gasteiger partial charge on any atom is 0.242 e. The number of nitrogens with one attached hydrogen (secondary N) is 2. The van der Waals surface area contributed by atoms with Gasteiger partial charge in [0, 0.05) is 32.2 Å². The zero-order valence-corrected chi connectivity index (χ0v) is 20.3. The molecule has 1 fully saturated rings. The fraction of sp³-hybridized carbons (Fsp3) is 0.440. The van der Waals surface area contributed by atoms with Gasteiger partial charge in [-0.15, -0.1) is 0 Å². The van der Waals surface area contributed by atoms with Crippen LogP contribution in [0.15, 0.2) is 59.5 Å². The molecular weight excluding hydrogens is 454 g/mol. The fourth-order valence-electron chi connectivity index (χ4n) is 3.52. The number of aliphatic hydroxyl groups excluding tert-OH is 1. The summed E-state index contributed by atoms with van der Waals surface area (Å²) in [6, 6.07) is 15.4. The first kappa shape index (κ1) is 25.9. The molecule has 184 valence electrons. The van der Waals surface area contributed by atoms with E-state index in [0.29, 0.717) is 25.9 Å². The third-order valence-corrected chi connectivity index (χ3v) is 7.29. The van der Waals surface area contributed by atoms with Crippen LogP contribution >= 0.6 is 0 Å². The van der Waals surface area contributed by atoms with E-state index in [1.54, 1.807) is 36.1 Å². The van der Waals surface area contributed by atoms with Crippen LogP contribution in [0.2, 0.25) is 0 Å². The van der Waals surface area contributed by atoms with E-state index in [-0.39, 0.29) is 35.8 Å². The summed E-state index contributed by atoms with van der Waals surface area (Å²) in [5.41, 5.74) is 1.77. The number of rotatable bonds is 13. The fourth-order valence-corrected chi connectivity index (χ4v) is 4.82. The molecule has 1 saturated carbocycles. The molecular formula is C25H33N3O5S. The number of carbonyl (C=O) groups excluding carboxylic acids is 2. The van der Waals surface area contributed by atoms with E-state index in [2.05, 4.69) is 10.0 Å². The molecule has 3 N–H and O–H groups in total. The molecule has 1 atom stereocenters. The van der Waals surface area contributed by atoms with E-state index in [1.165, 1.54) is 0 Å². The van der Waals surface area contributed by atoms with Crippen LogP contribution in [0.25, 0.3) is 0 Å². The van der Waals surface area contributed by atoms with Crippen molar-refractivity contribution < 1.29 is 23.1 Å². The van der Waals surface area contributed by atoms with Gasteiger partial charge in [0.2, 0.25) is 21.8 Å². The number of amides is 2. The Bertz CT molecular complexity index is 1050. The molecule has 9 heteroatoms. The molecule has 8 nitrogen and oxygen atoms in total. The van der Waals surface area contributed by atoms with E-state index in [4.69, 9.17) is 5.11 Å². The van der Waals surface area contributed by atoms with Gasteiger partial charge in [-0.05, 0) is 55.9 Å². The average molecular weight is 488 g/mol. The zero-order valence-electron chi connectivity index (χ0n) is 19.4. The highest BCUT2D eigenvalue weighted by Crippen LogP contribution is 2.22. The SMILES string of the molecule is CC(C(=O)NCCCO)N(Cc1ccccc1)C(=O)CCc1ccc(S(=O)(=O)NC2CC2)cc1. The van der Waals surface area contributed by atoms with Crippen molar-refractivity contribution in [3.8, 4) is 0 Å². The minimum Gasteiger partial charge on any atom is -0.396 e. The standard InChI is InChI=1S/C25H33N3O5S/c1-19(25(31)26-16-5-17-29)28(18-21-6-3-2-4-7-21)24(30)15-10-20-8-13-23(14-9-20)34(32,33)27-22-11-12-22/h2-4,6-9,13-14,19,22,27,29H,5,10-12,15-18H2,1H3,(H,26,31). The van der Waals surface area contributed by atoms with E-state index in [0.717, 1.165) is 24.0 Å². The predicted molar refractivity (Wildman–Crippen MR) is 129 cm³/mol. The van der Waals surface area contributed by atoms with Crippen molar-refractivity contribution in [1.29, 1.82) is 0 Å². The second-order valence-electron chi connectivity index (χ2n) is 8.59. The molecule has 1 aliphatic rings. The topological polar surface area (TPSA) is 116 Å². The molecule has 2 amide bonds. The Morgan fingerprint density at radius 3 is 2.35 bits per heavy atom. The first-order chi connectivity index (χ1) is 16.3. The van der Waals surface area contributed by atoms with Crippen LogP contribution in [-0.4, -0.2) is 55.5 Å². The van der Waals surface area contributed by atoms with Gasteiger partial charge in [0.25, 0.3) is 0 Å². The van der Waals surface area contributed by atoms with E-state index in [1.807, 2.05) is 30.3 Å². The van der Waals surface area contributed by atoms with Crippen LogP contribution in [-0.2, 0) is 32.6 Å². The lowest BCUT2D eigenvalue weighted by Gasteiger charge is -2.29. The molecule has 34 heavy (non-hydrogen) atoms. The highest BCUT2D eigenvalue weighted by molar-refractivity contribution is 7.89. The van der Waals surface area contributed by atoms with Crippen molar-refractivity contribution in [1.82, 2.24) is 14.9 Å². The number of sulfonamides is 1. The molecule has 1 unspecified atom stereocenters. The largest absolute Gasteiger partial charge is 0.396 e. The molecule has 0 bridgehead atoms. The molecule has 0 aliphatic heterocycles. The summed E-state index contributed by atoms with van der Waals surface area (Å²) in [7, 11) is -3.51. The van der Waals surface area contributed by atoms with Crippen molar-refractivity contribution in [2.24, 2.45) is 0 Å². The van der Waals surface area contributed by atoms with Gasteiger partial charge in [-0.25, -0.2) is 13.1 Å². The molecule has 0 aromatic heterocycles. The van der Waals surface area contributed by atoms with E-state index < -0.39 is 16.1 Å². The van der Waals surface area contributed by atoms with Gasteiger partial charge in [-0.2, -0.15) is 0 Å². The lowest BCUT2D eigenvalue weighted by molar-refractivity contribution is -0.140. The highest BCUT2D eigenvalue weighted by atomic mass is 32.2. The average Bonchev–Trinajstić information content (AvgIpc) is 3.65. The van der Waals surface area contributed by atoms with Crippen LogP contribution in [0, 0.1) is 0 Å². The number of nitrogens with zero attached hydrogens (tertiary/aromatic N) is 1. The van der Waals surface area contributed by atoms with E-state index in [9.17, 15) is 18.0 Å². The maximum absolute atomic E-state index is 13.2. The van der Waals surface area contributed by atoms with Crippen molar-refractivity contribution in [2.45, 2.75) is 62.6 Å².